The quantitative estimate of drug-likeness (QED) is 0.291. The minimum atomic E-state index is -0.925. The summed E-state index contributed by atoms with van der Waals surface area (Å²) in [5.74, 6) is 1.99. The standard InChI is InChI=1S/C21H34N4O2S.HI/c1-4-22-20(23-14-15-28(27)16-18-10-6-5-7-11-18)24-17-21(12-8-9-13-21)19(26)25(2)3;/h5-7,10-11H,4,8-9,12-17H2,1-3H3,(H2,22,23,24);1H. The minimum Gasteiger partial charge on any atom is -0.357 e. The first-order chi connectivity index (χ1) is 13.5. The summed E-state index contributed by atoms with van der Waals surface area (Å²) >= 11 is 0. The van der Waals surface area contributed by atoms with Gasteiger partial charge in [0.15, 0.2) is 5.96 Å². The first kappa shape index (κ1) is 25.9. The summed E-state index contributed by atoms with van der Waals surface area (Å²) in [4.78, 5) is 19.1. The Morgan fingerprint density at radius 1 is 1.17 bits per heavy atom. The second kappa shape index (κ2) is 13.2. The van der Waals surface area contributed by atoms with E-state index in [4.69, 9.17) is 4.99 Å². The monoisotopic (exact) mass is 534 g/mol. The number of nitrogens with zero attached hydrogens (tertiary/aromatic N) is 2. The summed E-state index contributed by atoms with van der Waals surface area (Å²) in [6.07, 6.45) is 3.96. The molecule has 0 saturated heterocycles. The van der Waals surface area contributed by atoms with E-state index in [0.29, 0.717) is 30.6 Å². The first-order valence-electron chi connectivity index (χ1n) is 10.1. The molecule has 2 rings (SSSR count). The fraction of sp³-hybridized carbons (Fsp3) is 0.619. The van der Waals surface area contributed by atoms with Crippen LogP contribution in [0.25, 0.3) is 0 Å². The van der Waals surface area contributed by atoms with Crippen molar-refractivity contribution in [2.24, 2.45) is 10.4 Å². The van der Waals surface area contributed by atoms with Gasteiger partial charge in [0.2, 0.25) is 5.91 Å². The van der Waals surface area contributed by atoms with Crippen molar-refractivity contribution < 1.29 is 9.00 Å². The number of amides is 1. The lowest BCUT2D eigenvalue weighted by Gasteiger charge is -2.29. The summed E-state index contributed by atoms with van der Waals surface area (Å²) in [7, 11) is 2.71. The van der Waals surface area contributed by atoms with Crippen LogP contribution >= 0.6 is 24.0 Å². The zero-order valence-electron chi connectivity index (χ0n) is 17.8. The summed E-state index contributed by atoms with van der Waals surface area (Å²) < 4.78 is 12.3. The number of hydrogen-bond donors (Lipinski definition) is 2. The van der Waals surface area contributed by atoms with Crippen LogP contribution in [-0.2, 0) is 21.3 Å². The molecule has 0 aromatic heterocycles. The Bertz CT molecular complexity index is 677. The largest absolute Gasteiger partial charge is 0.357 e. The normalized spacial score (nSPS) is 16.6. The van der Waals surface area contributed by atoms with E-state index in [1.165, 1.54) is 0 Å². The van der Waals surface area contributed by atoms with E-state index in [-0.39, 0.29) is 35.3 Å². The Hall–Kier alpha value is -1.16. The predicted molar refractivity (Wildman–Crippen MR) is 132 cm³/mol. The fourth-order valence-electron chi connectivity index (χ4n) is 3.65. The van der Waals surface area contributed by atoms with Crippen LogP contribution in [-0.4, -0.2) is 60.5 Å². The summed E-state index contributed by atoms with van der Waals surface area (Å²) in [5, 5.41) is 6.50. The van der Waals surface area contributed by atoms with Crippen LogP contribution in [0.5, 0.6) is 0 Å². The molecule has 1 aliphatic rings. The average molecular weight is 535 g/mol. The highest BCUT2D eigenvalue weighted by Crippen LogP contribution is 2.39. The van der Waals surface area contributed by atoms with Crippen LogP contribution in [0, 0.1) is 5.41 Å². The number of hydrogen-bond acceptors (Lipinski definition) is 3. The van der Waals surface area contributed by atoms with Gasteiger partial charge in [-0.3, -0.25) is 14.0 Å². The van der Waals surface area contributed by atoms with Crippen LogP contribution in [0.3, 0.4) is 0 Å². The second-order valence-corrected chi connectivity index (χ2v) is 9.16. The molecule has 2 N–H and O–H groups in total. The second-order valence-electron chi connectivity index (χ2n) is 7.58. The Morgan fingerprint density at radius 3 is 2.41 bits per heavy atom. The number of aliphatic imine (C=N–C) groups is 1. The lowest BCUT2D eigenvalue weighted by atomic mass is 9.85. The van der Waals surface area contributed by atoms with Crippen molar-refractivity contribution in [2.45, 2.75) is 38.4 Å². The van der Waals surface area contributed by atoms with Gasteiger partial charge >= 0.3 is 0 Å². The molecular formula is C21H35IN4O2S. The van der Waals surface area contributed by atoms with Crippen molar-refractivity contribution >= 4 is 46.6 Å². The maximum absolute atomic E-state index is 12.7. The third-order valence-corrected chi connectivity index (χ3v) is 6.41. The molecule has 0 radical (unpaired) electrons. The minimum absolute atomic E-state index is 0. The predicted octanol–water partition coefficient (Wildman–Crippen LogP) is 2.76. The van der Waals surface area contributed by atoms with Gasteiger partial charge < -0.3 is 15.5 Å². The van der Waals surface area contributed by atoms with Gasteiger partial charge in [-0.05, 0) is 25.3 Å². The molecule has 1 aromatic carbocycles. The third-order valence-electron chi connectivity index (χ3n) is 5.10. The number of carbonyl (C=O) groups is 1. The SMILES string of the molecule is CCNC(=NCC1(C(=O)N(C)C)CCCC1)NCCS(=O)Cc1ccccc1.I. The van der Waals surface area contributed by atoms with Gasteiger partial charge in [0.1, 0.15) is 0 Å². The van der Waals surface area contributed by atoms with E-state index in [1.54, 1.807) is 4.90 Å². The fourth-order valence-corrected chi connectivity index (χ4v) is 4.69. The average Bonchev–Trinajstić information content (AvgIpc) is 3.16. The number of rotatable bonds is 9. The van der Waals surface area contributed by atoms with Gasteiger partial charge in [-0.1, -0.05) is 43.2 Å². The van der Waals surface area contributed by atoms with Crippen LogP contribution in [0.2, 0.25) is 0 Å². The zero-order chi connectivity index (χ0) is 20.4. The third kappa shape index (κ3) is 8.24. The zero-order valence-corrected chi connectivity index (χ0v) is 20.9. The molecule has 1 saturated carbocycles. The van der Waals surface area contributed by atoms with E-state index < -0.39 is 10.8 Å². The van der Waals surface area contributed by atoms with Crippen molar-refractivity contribution in [3.8, 4) is 0 Å². The lowest BCUT2D eigenvalue weighted by molar-refractivity contribution is -0.138. The molecule has 1 atom stereocenters. The Balaban J connectivity index is 0.00000420. The molecule has 29 heavy (non-hydrogen) atoms. The van der Waals surface area contributed by atoms with E-state index in [2.05, 4.69) is 10.6 Å². The molecule has 1 fully saturated rings. The Morgan fingerprint density at radius 2 is 1.83 bits per heavy atom. The van der Waals surface area contributed by atoms with Crippen molar-refractivity contribution in [1.82, 2.24) is 15.5 Å². The van der Waals surface area contributed by atoms with Crippen molar-refractivity contribution in [3.63, 3.8) is 0 Å². The molecule has 6 nitrogen and oxygen atoms in total. The smallest absolute Gasteiger partial charge is 0.230 e. The number of nitrogens with one attached hydrogen (secondary N) is 2. The molecule has 0 spiro atoms. The van der Waals surface area contributed by atoms with Gasteiger partial charge in [-0.25, -0.2) is 0 Å². The molecule has 1 aromatic rings. The van der Waals surface area contributed by atoms with Gasteiger partial charge in [0.25, 0.3) is 0 Å². The highest BCUT2D eigenvalue weighted by molar-refractivity contribution is 14.0. The van der Waals surface area contributed by atoms with Crippen molar-refractivity contribution in [1.29, 1.82) is 0 Å². The van der Waals surface area contributed by atoms with Crippen LogP contribution < -0.4 is 10.6 Å². The molecule has 0 heterocycles. The highest BCUT2D eigenvalue weighted by Gasteiger charge is 2.42. The Labute approximate surface area is 194 Å². The molecular weight excluding hydrogens is 499 g/mol. The van der Waals surface area contributed by atoms with Crippen molar-refractivity contribution in [2.75, 3.05) is 39.5 Å². The van der Waals surface area contributed by atoms with Crippen molar-refractivity contribution in [3.05, 3.63) is 35.9 Å². The highest BCUT2D eigenvalue weighted by atomic mass is 127. The topological polar surface area (TPSA) is 73.8 Å². The lowest BCUT2D eigenvalue weighted by Crippen LogP contribution is -2.43. The number of guanidine groups is 1. The molecule has 8 heteroatoms. The van der Waals surface area contributed by atoms with Crippen LogP contribution in [0.15, 0.2) is 35.3 Å². The van der Waals surface area contributed by atoms with E-state index in [0.717, 1.165) is 37.8 Å². The molecule has 1 aliphatic carbocycles. The summed E-state index contributed by atoms with van der Waals surface area (Å²) in [6.45, 7) is 3.83. The van der Waals surface area contributed by atoms with Crippen LogP contribution in [0.1, 0.15) is 38.2 Å². The van der Waals surface area contributed by atoms with E-state index >= 15 is 0 Å². The van der Waals surface area contributed by atoms with Gasteiger partial charge in [-0.15, -0.1) is 24.0 Å². The van der Waals surface area contributed by atoms with Gasteiger partial charge in [0, 0.05) is 49.5 Å². The summed E-state index contributed by atoms with van der Waals surface area (Å²) in [6, 6.07) is 9.90. The number of carbonyl (C=O) groups excluding carboxylic acids is 1. The van der Waals surface area contributed by atoms with Gasteiger partial charge in [-0.2, -0.15) is 0 Å². The van der Waals surface area contributed by atoms with Gasteiger partial charge in [0.05, 0.1) is 12.0 Å². The molecule has 1 amide bonds. The molecule has 0 aliphatic heterocycles. The summed E-state index contributed by atoms with van der Waals surface area (Å²) in [5.41, 5.74) is 0.717. The number of halogens is 1. The maximum Gasteiger partial charge on any atom is 0.230 e. The molecule has 164 valence electrons. The van der Waals surface area contributed by atoms with E-state index in [9.17, 15) is 9.00 Å². The maximum atomic E-state index is 12.7. The number of benzene rings is 1. The molecule has 1 unspecified atom stereocenters. The van der Waals surface area contributed by atoms with E-state index in [1.807, 2.05) is 51.4 Å². The van der Waals surface area contributed by atoms with Crippen LogP contribution in [0.4, 0.5) is 0 Å². The first-order valence-corrected chi connectivity index (χ1v) is 11.6. The Kier molecular flexibility index (Phi) is 11.8. The molecule has 0 bridgehead atoms.